The van der Waals surface area contributed by atoms with Gasteiger partial charge >= 0.3 is 12.1 Å². The van der Waals surface area contributed by atoms with E-state index in [-0.39, 0.29) is 17.1 Å². The molecular formula is C18H16F3N5O2S. The lowest BCUT2D eigenvalue weighted by molar-refractivity contribution is -0.141. The Morgan fingerprint density at radius 3 is 2.48 bits per heavy atom. The third kappa shape index (κ3) is 4.09. The van der Waals surface area contributed by atoms with Crippen LogP contribution in [-0.4, -0.2) is 44.1 Å². The number of nitrogens with zero attached hydrogens (tertiary/aromatic N) is 5. The van der Waals surface area contributed by atoms with Crippen molar-refractivity contribution >= 4 is 17.7 Å². The maximum Gasteiger partial charge on any atom is 0.435 e. The van der Waals surface area contributed by atoms with E-state index in [1.807, 2.05) is 0 Å². The zero-order chi connectivity index (χ0) is 21.3. The zero-order valence-corrected chi connectivity index (χ0v) is 16.7. The number of thioether (sulfide) groups is 1. The molecule has 0 N–H and O–H groups in total. The minimum atomic E-state index is -4.59. The Kier molecular flexibility index (Phi) is 5.60. The zero-order valence-electron chi connectivity index (χ0n) is 15.9. The molecule has 0 aliphatic carbocycles. The summed E-state index contributed by atoms with van der Waals surface area (Å²) in [6.45, 7) is 3.12. The van der Waals surface area contributed by atoms with E-state index >= 15 is 0 Å². The SMILES string of the molecule is COC(=O)c1cc(-c2cnc(C)nc2-n2nc(C(F)(F)F)cc2C)cnc1SC. The van der Waals surface area contributed by atoms with Crippen LogP contribution < -0.4 is 0 Å². The van der Waals surface area contributed by atoms with E-state index in [0.717, 1.165) is 10.7 Å². The standard InChI is InChI=1S/C18H16F3N5O2S/c1-9-5-14(18(19,20)21)25-26(9)15-13(8-22-10(2)24-15)11-6-12(17(27)28-3)16(29-4)23-7-11/h5-8H,1-4H3. The molecule has 0 spiro atoms. The second-order valence-corrected chi connectivity index (χ2v) is 6.80. The second-order valence-electron chi connectivity index (χ2n) is 6.01. The smallest absolute Gasteiger partial charge is 0.435 e. The van der Waals surface area contributed by atoms with Crippen LogP contribution in [0.1, 0.15) is 27.6 Å². The largest absolute Gasteiger partial charge is 0.465 e. The van der Waals surface area contributed by atoms with Crippen molar-refractivity contribution in [2.24, 2.45) is 0 Å². The first-order chi connectivity index (χ1) is 13.7. The van der Waals surface area contributed by atoms with Crippen molar-refractivity contribution in [3.8, 4) is 16.9 Å². The Morgan fingerprint density at radius 2 is 1.90 bits per heavy atom. The summed E-state index contributed by atoms with van der Waals surface area (Å²) in [4.78, 5) is 24.8. The average molecular weight is 423 g/mol. The highest BCUT2D eigenvalue weighted by molar-refractivity contribution is 7.98. The predicted octanol–water partition coefficient (Wildman–Crippen LogP) is 3.87. The lowest BCUT2D eigenvalue weighted by atomic mass is 10.1. The normalized spacial score (nSPS) is 11.6. The molecule has 0 amide bonds. The number of methoxy groups -OCH3 is 1. The number of alkyl halides is 3. The summed E-state index contributed by atoms with van der Waals surface area (Å²) in [6, 6.07) is 2.49. The molecular weight excluding hydrogens is 407 g/mol. The third-order valence-electron chi connectivity index (χ3n) is 4.03. The van der Waals surface area contributed by atoms with E-state index in [2.05, 4.69) is 20.1 Å². The van der Waals surface area contributed by atoms with Crippen LogP contribution in [0, 0.1) is 13.8 Å². The molecule has 0 atom stereocenters. The highest BCUT2D eigenvalue weighted by Gasteiger charge is 2.35. The van der Waals surface area contributed by atoms with Crippen molar-refractivity contribution in [3.05, 3.63) is 47.3 Å². The van der Waals surface area contributed by atoms with Crippen LogP contribution in [0.2, 0.25) is 0 Å². The lowest BCUT2D eigenvalue weighted by Gasteiger charge is -2.12. The number of pyridine rings is 1. The van der Waals surface area contributed by atoms with Crippen LogP contribution in [0.3, 0.4) is 0 Å². The van der Waals surface area contributed by atoms with Gasteiger partial charge in [-0.3, -0.25) is 0 Å². The second kappa shape index (κ2) is 7.82. The molecule has 3 heterocycles. The summed E-state index contributed by atoms with van der Waals surface area (Å²) in [7, 11) is 1.26. The Hall–Kier alpha value is -2.95. The van der Waals surface area contributed by atoms with E-state index in [4.69, 9.17) is 4.74 Å². The van der Waals surface area contributed by atoms with E-state index in [0.29, 0.717) is 22.0 Å². The molecule has 0 saturated heterocycles. The van der Waals surface area contributed by atoms with Gasteiger partial charge in [-0.05, 0) is 32.2 Å². The lowest BCUT2D eigenvalue weighted by Crippen LogP contribution is -2.10. The first kappa shape index (κ1) is 20.8. The molecule has 0 aromatic carbocycles. The molecule has 7 nitrogen and oxygen atoms in total. The van der Waals surface area contributed by atoms with Gasteiger partial charge in [-0.15, -0.1) is 11.8 Å². The molecule has 0 unspecified atom stereocenters. The number of ether oxygens (including phenoxy) is 1. The number of hydrogen-bond acceptors (Lipinski definition) is 7. The first-order valence-electron chi connectivity index (χ1n) is 8.26. The maximum absolute atomic E-state index is 13.1. The van der Waals surface area contributed by atoms with Gasteiger partial charge in [0, 0.05) is 29.2 Å². The highest BCUT2D eigenvalue weighted by Crippen LogP contribution is 2.32. The molecule has 152 valence electrons. The Morgan fingerprint density at radius 1 is 1.17 bits per heavy atom. The highest BCUT2D eigenvalue weighted by atomic mass is 32.2. The quantitative estimate of drug-likeness (QED) is 0.465. The van der Waals surface area contributed by atoms with Crippen molar-refractivity contribution < 1.29 is 22.7 Å². The third-order valence-corrected chi connectivity index (χ3v) is 4.74. The first-order valence-corrected chi connectivity index (χ1v) is 9.48. The summed E-state index contributed by atoms with van der Waals surface area (Å²) in [5, 5.41) is 4.13. The van der Waals surface area contributed by atoms with E-state index in [1.54, 1.807) is 19.2 Å². The molecule has 3 rings (SSSR count). The molecule has 0 bridgehead atoms. The predicted molar refractivity (Wildman–Crippen MR) is 100.0 cm³/mol. The molecule has 3 aromatic heterocycles. The van der Waals surface area contributed by atoms with Gasteiger partial charge in [-0.25, -0.2) is 24.4 Å². The van der Waals surface area contributed by atoms with Gasteiger partial charge in [-0.1, -0.05) is 0 Å². The summed E-state index contributed by atoms with van der Waals surface area (Å²) >= 11 is 1.27. The summed E-state index contributed by atoms with van der Waals surface area (Å²) in [5.41, 5.74) is 0.279. The molecule has 29 heavy (non-hydrogen) atoms. The van der Waals surface area contributed by atoms with Gasteiger partial charge in [0.15, 0.2) is 11.5 Å². The summed E-state index contributed by atoms with van der Waals surface area (Å²) in [5.74, 6) is -0.0676. The van der Waals surface area contributed by atoms with Crippen LogP contribution >= 0.6 is 11.8 Å². The molecule has 0 aliphatic heterocycles. The van der Waals surface area contributed by atoms with E-state index < -0.39 is 17.8 Å². The van der Waals surface area contributed by atoms with Gasteiger partial charge in [0.2, 0.25) is 0 Å². The number of aryl methyl sites for hydroxylation is 2. The number of aromatic nitrogens is 5. The van der Waals surface area contributed by atoms with Crippen molar-refractivity contribution in [3.63, 3.8) is 0 Å². The van der Waals surface area contributed by atoms with Crippen LogP contribution in [0.15, 0.2) is 29.6 Å². The van der Waals surface area contributed by atoms with Crippen molar-refractivity contribution in [1.29, 1.82) is 0 Å². The minimum Gasteiger partial charge on any atom is -0.465 e. The van der Waals surface area contributed by atoms with Gasteiger partial charge in [0.1, 0.15) is 10.9 Å². The van der Waals surface area contributed by atoms with Gasteiger partial charge < -0.3 is 4.74 Å². The maximum atomic E-state index is 13.1. The average Bonchev–Trinajstić information content (AvgIpc) is 3.09. The summed E-state index contributed by atoms with van der Waals surface area (Å²) in [6.07, 6.45) is 0.140. The van der Waals surface area contributed by atoms with E-state index in [9.17, 15) is 18.0 Å². The number of carbonyl (C=O) groups is 1. The molecule has 3 aromatic rings. The molecule has 0 aliphatic rings. The van der Waals surface area contributed by atoms with Crippen LogP contribution in [0.25, 0.3) is 16.9 Å². The molecule has 11 heteroatoms. The minimum absolute atomic E-state index is 0.153. The van der Waals surface area contributed by atoms with Crippen LogP contribution in [-0.2, 0) is 10.9 Å². The molecule has 0 radical (unpaired) electrons. The summed E-state index contributed by atoms with van der Waals surface area (Å²) < 4.78 is 45.2. The Labute approximate surface area is 168 Å². The van der Waals surface area contributed by atoms with Crippen LogP contribution in [0.4, 0.5) is 13.2 Å². The number of rotatable bonds is 4. The fraction of sp³-hybridized carbons (Fsp3) is 0.278. The van der Waals surface area contributed by atoms with Crippen molar-refractivity contribution in [2.45, 2.75) is 25.0 Å². The van der Waals surface area contributed by atoms with Crippen molar-refractivity contribution in [2.75, 3.05) is 13.4 Å². The Bertz CT molecular complexity index is 1080. The molecule has 0 fully saturated rings. The van der Waals surface area contributed by atoms with Crippen LogP contribution in [0.5, 0.6) is 0 Å². The van der Waals surface area contributed by atoms with Gasteiger partial charge in [0.05, 0.1) is 12.7 Å². The number of hydrogen-bond donors (Lipinski definition) is 0. The van der Waals surface area contributed by atoms with Crippen molar-refractivity contribution in [1.82, 2.24) is 24.7 Å². The number of carbonyl (C=O) groups excluding carboxylic acids is 1. The fourth-order valence-corrected chi connectivity index (χ4v) is 3.19. The monoisotopic (exact) mass is 423 g/mol. The molecule has 0 saturated carbocycles. The Balaban J connectivity index is 2.22. The van der Waals surface area contributed by atoms with Gasteiger partial charge in [-0.2, -0.15) is 18.3 Å². The van der Waals surface area contributed by atoms with Gasteiger partial charge in [0.25, 0.3) is 0 Å². The fourth-order valence-electron chi connectivity index (χ4n) is 2.67. The topological polar surface area (TPSA) is 82.8 Å². The van der Waals surface area contributed by atoms with E-state index in [1.165, 1.54) is 38.2 Å². The number of esters is 1. The number of halogens is 3.